The van der Waals surface area contributed by atoms with Crippen molar-refractivity contribution in [3.63, 3.8) is 0 Å². The summed E-state index contributed by atoms with van der Waals surface area (Å²) < 4.78 is 5.56. The quantitative estimate of drug-likeness (QED) is 0.530. The average Bonchev–Trinajstić information content (AvgIpc) is 3.47. The average molecular weight is 450 g/mol. The van der Waals surface area contributed by atoms with Gasteiger partial charge in [-0.1, -0.05) is 36.2 Å². The van der Waals surface area contributed by atoms with Gasteiger partial charge in [0.1, 0.15) is 0 Å². The third-order valence-electron chi connectivity index (χ3n) is 6.78. The lowest BCUT2D eigenvalue weighted by Crippen LogP contribution is -2.38. The minimum Gasteiger partial charge on any atom is -0.355 e. The lowest BCUT2D eigenvalue weighted by atomic mass is 9.90. The first-order valence-corrected chi connectivity index (χ1v) is 12.8. The van der Waals surface area contributed by atoms with E-state index >= 15 is 0 Å². The fourth-order valence-electron chi connectivity index (χ4n) is 4.98. The van der Waals surface area contributed by atoms with Crippen molar-refractivity contribution < 1.29 is 9.32 Å². The fourth-order valence-corrected chi connectivity index (χ4v) is 5.84. The highest BCUT2D eigenvalue weighted by Crippen LogP contribution is 2.29. The second-order valence-electron chi connectivity index (χ2n) is 8.96. The number of carbonyl (C=O) groups excluding carboxylic acids is 1. The summed E-state index contributed by atoms with van der Waals surface area (Å²) in [7, 11) is 0. The molecule has 6 heteroatoms. The van der Waals surface area contributed by atoms with Gasteiger partial charge in [-0.15, -0.1) is 11.3 Å². The summed E-state index contributed by atoms with van der Waals surface area (Å²) in [6.07, 6.45) is 9.82. The van der Waals surface area contributed by atoms with Crippen LogP contribution in [-0.2, 0) is 12.8 Å². The van der Waals surface area contributed by atoms with Crippen LogP contribution in [0, 0.1) is 0 Å². The van der Waals surface area contributed by atoms with Gasteiger partial charge in [0.05, 0.1) is 6.04 Å². The zero-order valence-electron chi connectivity index (χ0n) is 18.5. The lowest BCUT2D eigenvalue weighted by molar-refractivity contribution is 0.0925. The molecule has 1 amide bonds. The Morgan fingerprint density at radius 1 is 1.03 bits per heavy atom. The Hall–Kier alpha value is -2.44. The minimum absolute atomic E-state index is 0.172. The number of hydrogen-bond donors (Lipinski definition) is 1. The summed E-state index contributed by atoms with van der Waals surface area (Å²) in [6, 6.07) is 12.7. The number of benzene rings is 1. The highest BCUT2D eigenvalue weighted by Gasteiger charge is 2.24. The van der Waals surface area contributed by atoms with Crippen LogP contribution in [0.3, 0.4) is 0 Å². The first kappa shape index (κ1) is 21.4. The normalized spacial score (nSPS) is 18.0. The van der Waals surface area contributed by atoms with E-state index < -0.39 is 0 Å². The van der Waals surface area contributed by atoms with Crippen LogP contribution >= 0.6 is 11.3 Å². The van der Waals surface area contributed by atoms with Gasteiger partial charge in [-0.25, -0.2) is 0 Å². The van der Waals surface area contributed by atoms with Gasteiger partial charge >= 0.3 is 0 Å². The maximum Gasteiger partial charge on any atom is 0.273 e. The van der Waals surface area contributed by atoms with Gasteiger partial charge in [0.15, 0.2) is 11.5 Å². The zero-order chi connectivity index (χ0) is 21.8. The van der Waals surface area contributed by atoms with Crippen molar-refractivity contribution in [3.05, 3.63) is 63.5 Å². The molecule has 1 aliphatic carbocycles. The van der Waals surface area contributed by atoms with E-state index in [1.54, 1.807) is 17.4 Å². The molecule has 1 atom stereocenters. The number of hydrogen-bond acceptors (Lipinski definition) is 5. The van der Waals surface area contributed by atoms with Crippen molar-refractivity contribution in [2.75, 3.05) is 19.6 Å². The van der Waals surface area contributed by atoms with Crippen molar-refractivity contribution in [2.24, 2.45) is 0 Å². The van der Waals surface area contributed by atoms with Crippen molar-refractivity contribution in [1.29, 1.82) is 0 Å². The first-order valence-electron chi connectivity index (χ1n) is 11.9. The topological polar surface area (TPSA) is 58.4 Å². The number of fused-ring (bicyclic) bond motifs is 1. The summed E-state index contributed by atoms with van der Waals surface area (Å²) in [5, 5.41) is 9.31. The number of amides is 1. The lowest BCUT2D eigenvalue weighted by Gasteiger charge is -2.30. The van der Waals surface area contributed by atoms with Crippen molar-refractivity contribution in [1.82, 2.24) is 15.4 Å². The fraction of sp³-hybridized carbons (Fsp3) is 0.462. The molecule has 32 heavy (non-hydrogen) atoms. The van der Waals surface area contributed by atoms with Crippen LogP contribution in [0.1, 0.15) is 71.1 Å². The Morgan fingerprint density at radius 2 is 1.84 bits per heavy atom. The number of rotatable bonds is 6. The van der Waals surface area contributed by atoms with Gasteiger partial charge in [-0.3, -0.25) is 9.69 Å². The van der Waals surface area contributed by atoms with Gasteiger partial charge in [-0.05, 0) is 80.3 Å². The summed E-state index contributed by atoms with van der Waals surface area (Å²) in [5.74, 6) is 0.486. The number of likely N-dealkylation sites (tertiary alicyclic amines) is 1. The van der Waals surface area contributed by atoms with Gasteiger partial charge in [0.25, 0.3) is 5.91 Å². The number of aryl methyl sites for hydroxylation is 2. The summed E-state index contributed by atoms with van der Waals surface area (Å²) >= 11 is 1.76. The molecular formula is C26H31N3O2S. The van der Waals surface area contributed by atoms with Crippen LogP contribution in [0.2, 0.25) is 0 Å². The van der Waals surface area contributed by atoms with Crippen molar-refractivity contribution in [2.45, 2.75) is 57.4 Å². The molecule has 5 nitrogen and oxygen atoms in total. The molecule has 1 aliphatic heterocycles. The van der Waals surface area contributed by atoms with E-state index in [9.17, 15) is 4.79 Å². The molecule has 3 aromatic rings. The summed E-state index contributed by atoms with van der Waals surface area (Å²) in [5.41, 5.74) is 4.18. The highest BCUT2D eigenvalue weighted by atomic mass is 32.1. The van der Waals surface area contributed by atoms with Gasteiger partial charge in [0.2, 0.25) is 0 Å². The van der Waals surface area contributed by atoms with Gasteiger partial charge < -0.3 is 9.84 Å². The smallest absolute Gasteiger partial charge is 0.273 e. The molecule has 168 valence electrons. The first-order chi connectivity index (χ1) is 15.8. The molecule has 1 saturated heterocycles. The molecule has 1 unspecified atom stereocenters. The van der Waals surface area contributed by atoms with E-state index in [-0.39, 0.29) is 11.9 Å². The van der Waals surface area contributed by atoms with Gasteiger partial charge in [0, 0.05) is 23.1 Å². The third kappa shape index (κ3) is 4.81. The molecule has 0 bridgehead atoms. The van der Waals surface area contributed by atoms with Crippen LogP contribution in [0.5, 0.6) is 0 Å². The molecule has 0 spiro atoms. The van der Waals surface area contributed by atoms with Crippen LogP contribution in [0.4, 0.5) is 0 Å². The van der Waals surface area contributed by atoms with E-state index in [0.29, 0.717) is 18.0 Å². The van der Waals surface area contributed by atoms with E-state index in [4.69, 9.17) is 4.52 Å². The maximum absolute atomic E-state index is 12.9. The number of carbonyl (C=O) groups is 1. The molecule has 0 saturated carbocycles. The predicted octanol–water partition coefficient (Wildman–Crippen LogP) is 5.63. The molecule has 2 aromatic heterocycles. The second-order valence-corrected chi connectivity index (χ2v) is 9.94. The monoisotopic (exact) mass is 449 g/mol. The number of nitrogens with one attached hydrogen (secondary N) is 1. The summed E-state index contributed by atoms with van der Waals surface area (Å²) in [6.45, 7) is 2.76. The van der Waals surface area contributed by atoms with Crippen LogP contribution in [0.25, 0.3) is 11.3 Å². The predicted molar refractivity (Wildman–Crippen MR) is 128 cm³/mol. The molecule has 5 rings (SSSR count). The minimum atomic E-state index is -0.172. The Bertz CT molecular complexity index is 1040. The Morgan fingerprint density at radius 3 is 2.62 bits per heavy atom. The molecule has 1 fully saturated rings. The number of aromatic nitrogens is 1. The van der Waals surface area contributed by atoms with Gasteiger partial charge in [-0.2, -0.15) is 0 Å². The number of thiophene rings is 1. The SMILES string of the molecule is O=C(NCC(c1cccs1)N1CCCCCC1)c1cc(-c2ccc3c(c2)CCCC3)on1. The molecule has 1 N–H and O–H groups in total. The zero-order valence-corrected chi connectivity index (χ0v) is 19.3. The largest absolute Gasteiger partial charge is 0.355 e. The van der Waals surface area contributed by atoms with Crippen LogP contribution in [0.15, 0.2) is 46.3 Å². The maximum atomic E-state index is 12.9. The highest BCUT2D eigenvalue weighted by molar-refractivity contribution is 7.10. The molecule has 2 aliphatic rings. The summed E-state index contributed by atoms with van der Waals surface area (Å²) in [4.78, 5) is 16.7. The Balaban J connectivity index is 1.27. The third-order valence-corrected chi connectivity index (χ3v) is 7.76. The van der Waals surface area contributed by atoms with E-state index in [0.717, 1.165) is 31.5 Å². The van der Waals surface area contributed by atoms with Crippen LogP contribution in [-0.4, -0.2) is 35.6 Å². The molecule has 3 heterocycles. The Kier molecular flexibility index (Phi) is 6.69. The molecular weight excluding hydrogens is 418 g/mol. The molecule has 1 aromatic carbocycles. The van der Waals surface area contributed by atoms with E-state index in [2.05, 4.69) is 51.1 Å². The van der Waals surface area contributed by atoms with E-state index in [1.807, 2.05) is 0 Å². The van der Waals surface area contributed by atoms with E-state index in [1.165, 1.54) is 54.5 Å². The van der Waals surface area contributed by atoms with Crippen LogP contribution < -0.4 is 5.32 Å². The standard InChI is InChI=1S/C26H31N3O2S/c30-26(27-18-23(25-10-7-15-32-25)29-13-5-1-2-6-14-29)22-17-24(31-28-22)21-12-11-19-8-3-4-9-20(19)16-21/h7,10-12,15-17,23H,1-6,8-9,13-14,18H2,(H,27,30). The van der Waals surface area contributed by atoms with Crippen molar-refractivity contribution >= 4 is 17.2 Å². The molecule has 0 radical (unpaired) electrons. The Labute approximate surface area is 193 Å². The van der Waals surface area contributed by atoms with Crippen molar-refractivity contribution in [3.8, 4) is 11.3 Å². The number of nitrogens with zero attached hydrogens (tertiary/aromatic N) is 2. The second kappa shape index (κ2) is 10.0.